The summed E-state index contributed by atoms with van der Waals surface area (Å²) < 4.78 is 15.2. The fourth-order valence-electron chi connectivity index (χ4n) is 2.11. The SMILES string of the molecule is C#Cc1cc(NC(=O)c2cnc(-n3ccnc3)nc2)c(C(=O)O)cc1F. The molecule has 1 amide bonds. The van der Waals surface area contributed by atoms with Gasteiger partial charge in [0.25, 0.3) is 5.91 Å². The number of carbonyl (C=O) groups excluding carboxylic acids is 1. The van der Waals surface area contributed by atoms with Gasteiger partial charge in [0.05, 0.1) is 22.4 Å². The number of rotatable bonds is 4. The third-order valence-electron chi connectivity index (χ3n) is 3.38. The van der Waals surface area contributed by atoms with Gasteiger partial charge in [0.15, 0.2) is 0 Å². The van der Waals surface area contributed by atoms with Crippen molar-refractivity contribution in [3.63, 3.8) is 0 Å². The molecule has 26 heavy (non-hydrogen) atoms. The van der Waals surface area contributed by atoms with Crippen LogP contribution in [0.25, 0.3) is 5.95 Å². The summed E-state index contributed by atoms with van der Waals surface area (Å²) in [6.07, 6.45) is 12.4. The number of amides is 1. The topological polar surface area (TPSA) is 110 Å². The maximum absolute atomic E-state index is 13.7. The third-order valence-corrected chi connectivity index (χ3v) is 3.38. The number of nitrogens with zero attached hydrogens (tertiary/aromatic N) is 4. The van der Waals surface area contributed by atoms with Gasteiger partial charge in [-0.1, -0.05) is 5.92 Å². The molecule has 128 valence electrons. The van der Waals surface area contributed by atoms with Crippen molar-refractivity contribution < 1.29 is 19.1 Å². The van der Waals surface area contributed by atoms with Gasteiger partial charge in [0, 0.05) is 24.8 Å². The van der Waals surface area contributed by atoms with E-state index in [2.05, 4.69) is 26.2 Å². The molecular weight excluding hydrogens is 341 g/mol. The number of hydrogen-bond donors (Lipinski definition) is 2. The highest BCUT2D eigenvalue weighted by molar-refractivity contribution is 6.07. The van der Waals surface area contributed by atoms with E-state index in [1.807, 2.05) is 0 Å². The summed E-state index contributed by atoms with van der Waals surface area (Å²) in [5, 5.41) is 11.6. The molecule has 0 aliphatic carbocycles. The van der Waals surface area contributed by atoms with Gasteiger partial charge in [-0.25, -0.2) is 24.1 Å². The molecule has 0 spiro atoms. The minimum atomic E-state index is -1.41. The molecule has 0 aliphatic rings. The van der Waals surface area contributed by atoms with E-state index in [9.17, 15) is 19.1 Å². The van der Waals surface area contributed by atoms with Crippen molar-refractivity contribution in [2.75, 3.05) is 5.32 Å². The van der Waals surface area contributed by atoms with Crippen molar-refractivity contribution in [2.24, 2.45) is 0 Å². The number of carboxylic acids is 1. The molecule has 0 aliphatic heterocycles. The number of hydrogen-bond acceptors (Lipinski definition) is 5. The van der Waals surface area contributed by atoms with E-state index in [-0.39, 0.29) is 16.8 Å². The zero-order valence-electron chi connectivity index (χ0n) is 13.0. The first kappa shape index (κ1) is 16.8. The van der Waals surface area contributed by atoms with Crippen LogP contribution in [0.2, 0.25) is 0 Å². The Bertz CT molecular complexity index is 1020. The van der Waals surface area contributed by atoms with Crippen molar-refractivity contribution >= 4 is 17.6 Å². The predicted molar refractivity (Wildman–Crippen MR) is 88.4 cm³/mol. The molecular formula is C17H10FN5O3. The quantitative estimate of drug-likeness (QED) is 0.693. The number of aromatic carboxylic acids is 1. The Morgan fingerprint density at radius 1 is 1.27 bits per heavy atom. The Labute approximate surface area is 146 Å². The van der Waals surface area contributed by atoms with Gasteiger partial charge in [-0.05, 0) is 12.1 Å². The van der Waals surface area contributed by atoms with E-state index in [0.717, 1.165) is 12.1 Å². The summed E-state index contributed by atoms with van der Waals surface area (Å²) in [4.78, 5) is 35.5. The van der Waals surface area contributed by atoms with Crippen molar-refractivity contribution in [2.45, 2.75) is 0 Å². The fraction of sp³-hybridized carbons (Fsp3) is 0. The highest BCUT2D eigenvalue weighted by atomic mass is 19.1. The number of imidazole rings is 1. The molecule has 2 heterocycles. The Kier molecular flexibility index (Phi) is 4.40. The van der Waals surface area contributed by atoms with Gasteiger partial charge >= 0.3 is 5.97 Å². The number of halogens is 1. The van der Waals surface area contributed by atoms with Crippen LogP contribution in [0.5, 0.6) is 0 Å². The summed E-state index contributed by atoms with van der Waals surface area (Å²) in [7, 11) is 0. The van der Waals surface area contributed by atoms with E-state index < -0.39 is 23.3 Å². The molecule has 0 unspecified atom stereocenters. The second kappa shape index (κ2) is 6.82. The summed E-state index contributed by atoms with van der Waals surface area (Å²) in [6, 6.07) is 1.84. The first-order valence-electron chi connectivity index (χ1n) is 7.14. The lowest BCUT2D eigenvalue weighted by Crippen LogP contribution is -2.16. The monoisotopic (exact) mass is 351 g/mol. The first-order valence-corrected chi connectivity index (χ1v) is 7.14. The Balaban J connectivity index is 1.88. The van der Waals surface area contributed by atoms with Crippen LogP contribution in [-0.4, -0.2) is 36.5 Å². The summed E-state index contributed by atoms with van der Waals surface area (Å²) in [6.45, 7) is 0. The van der Waals surface area contributed by atoms with Gasteiger partial charge in [-0.2, -0.15) is 0 Å². The van der Waals surface area contributed by atoms with Crippen LogP contribution in [0.4, 0.5) is 10.1 Å². The van der Waals surface area contributed by atoms with E-state index in [4.69, 9.17) is 6.42 Å². The number of anilines is 1. The number of terminal acetylenes is 1. The molecule has 0 radical (unpaired) electrons. The Morgan fingerprint density at radius 2 is 2.00 bits per heavy atom. The largest absolute Gasteiger partial charge is 0.478 e. The van der Waals surface area contributed by atoms with Gasteiger partial charge in [-0.3, -0.25) is 9.36 Å². The predicted octanol–water partition coefficient (Wildman–Crippen LogP) is 1.73. The number of nitrogens with one attached hydrogen (secondary N) is 1. The number of aromatic nitrogens is 4. The lowest BCUT2D eigenvalue weighted by atomic mass is 10.1. The van der Waals surface area contributed by atoms with Crippen molar-refractivity contribution in [3.05, 3.63) is 65.8 Å². The summed E-state index contributed by atoms with van der Waals surface area (Å²) >= 11 is 0. The van der Waals surface area contributed by atoms with Crippen LogP contribution in [0, 0.1) is 18.2 Å². The van der Waals surface area contributed by atoms with Crippen LogP contribution < -0.4 is 5.32 Å². The van der Waals surface area contributed by atoms with Crippen molar-refractivity contribution in [3.8, 4) is 18.3 Å². The molecule has 0 atom stereocenters. The summed E-state index contributed by atoms with van der Waals surface area (Å²) in [5.74, 6) is -0.548. The normalized spacial score (nSPS) is 10.2. The van der Waals surface area contributed by atoms with E-state index in [1.54, 1.807) is 17.0 Å². The van der Waals surface area contributed by atoms with Crippen LogP contribution >= 0.6 is 0 Å². The molecule has 0 fully saturated rings. The smallest absolute Gasteiger partial charge is 0.337 e. The second-order valence-electron chi connectivity index (χ2n) is 5.02. The maximum Gasteiger partial charge on any atom is 0.337 e. The lowest BCUT2D eigenvalue weighted by Gasteiger charge is -2.10. The van der Waals surface area contributed by atoms with E-state index >= 15 is 0 Å². The van der Waals surface area contributed by atoms with Gasteiger partial charge < -0.3 is 10.4 Å². The van der Waals surface area contributed by atoms with Crippen LogP contribution in [0.1, 0.15) is 26.3 Å². The number of carbonyl (C=O) groups is 2. The molecule has 8 nitrogen and oxygen atoms in total. The molecule has 0 saturated carbocycles. The third kappa shape index (κ3) is 3.25. The number of carboxylic acid groups (broad SMARTS) is 1. The molecule has 3 rings (SSSR count). The highest BCUT2D eigenvalue weighted by Gasteiger charge is 2.17. The zero-order valence-corrected chi connectivity index (χ0v) is 13.0. The first-order chi connectivity index (χ1) is 12.5. The van der Waals surface area contributed by atoms with Crippen molar-refractivity contribution in [1.29, 1.82) is 0 Å². The van der Waals surface area contributed by atoms with Crippen LogP contribution in [0.3, 0.4) is 0 Å². The fourth-order valence-corrected chi connectivity index (χ4v) is 2.11. The molecule has 0 saturated heterocycles. The molecule has 0 bridgehead atoms. The van der Waals surface area contributed by atoms with Gasteiger partial charge in [0.2, 0.25) is 5.95 Å². The maximum atomic E-state index is 13.7. The average Bonchev–Trinajstić information content (AvgIpc) is 3.17. The van der Waals surface area contributed by atoms with E-state index in [1.165, 1.54) is 18.7 Å². The van der Waals surface area contributed by atoms with E-state index in [0.29, 0.717) is 5.95 Å². The standard InChI is InChI=1S/C17H10FN5O3/c1-2-10-5-14(12(16(25)26)6-13(10)18)22-15(24)11-7-20-17(21-8-11)23-4-3-19-9-23/h1,3-9H,(H,22,24)(H,25,26). The molecule has 2 aromatic heterocycles. The minimum Gasteiger partial charge on any atom is -0.478 e. The molecule has 9 heteroatoms. The van der Waals surface area contributed by atoms with Gasteiger partial charge in [-0.15, -0.1) is 6.42 Å². The Hall–Kier alpha value is -4.06. The average molecular weight is 351 g/mol. The highest BCUT2D eigenvalue weighted by Crippen LogP contribution is 2.21. The Morgan fingerprint density at radius 3 is 2.58 bits per heavy atom. The zero-order chi connectivity index (χ0) is 18.7. The number of benzene rings is 1. The minimum absolute atomic E-state index is 0.0804. The van der Waals surface area contributed by atoms with Crippen LogP contribution in [-0.2, 0) is 0 Å². The molecule has 2 N–H and O–H groups in total. The summed E-state index contributed by atoms with van der Waals surface area (Å²) in [5.41, 5.74) is -0.643. The van der Waals surface area contributed by atoms with Crippen LogP contribution in [0.15, 0.2) is 43.2 Å². The molecule has 1 aromatic carbocycles. The lowest BCUT2D eigenvalue weighted by molar-refractivity contribution is 0.0697. The van der Waals surface area contributed by atoms with Crippen molar-refractivity contribution in [1.82, 2.24) is 19.5 Å². The second-order valence-corrected chi connectivity index (χ2v) is 5.02. The van der Waals surface area contributed by atoms with Gasteiger partial charge in [0.1, 0.15) is 12.1 Å². The molecule has 3 aromatic rings.